The summed E-state index contributed by atoms with van der Waals surface area (Å²) in [4.78, 5) is 15.5. The van der Waals surface area contributed by atoms with Gasteiger partial charge in [0.05, 0.1) is 11.6 Å². The molecule has 0 aromatic heterocycles. The molecule has 5 nitrogen and oxygen atoms in total. The number of piperazine rings is 1. The number of rotatable bonds is 2. The number of amides is 1. The molecule has 1 fully saturated rings. The van der Waals surface area contributed by atoms with E-state index in [9.17, 15) is 23.2 Å². The van der Waals surface area contributed by atoms with Crippen LogP contribution in [0.15, 0.2) is 24.3 Å². The number of carbonyl (C=O) groups excluding carboxylic acids is 1. The Morgan fingerprint density at radius 3 is 2.08 bits per heavy atom. The van der Waals surface area contributed by atoms with Gasteiger partial charge in [0.15, 0.2) is 0 Å². The van der Waals surface area contributed by atoms with E-state index in [2.05, 4.69) is 6.07 Å². The van der Waals surface area contributed by atoms with Crippen molar-refractivity contribution in [2.75, 3.05) is 26.2 Å². The van der Waals surface area contributed by atoms with Crippen molar-refractivity contribution in [2.24, 2.45) is 0 Å². The molecule has 142 valence electrons. The zero-order valence-electron chi connectivity index (χ0n) is 15.0. The van der Waals surface area contributed by atoms with Gasteiger partial charge in [0.1, 0.15) is 11.6 Å². The smallest absolute Gasteiger partial charge is 0.416 e. The zero-order chi connectivity index (χ0) is 19.5. The molecule has 0 bridgehead atoms. The first-order valence-corrected chi connectivity index (χ1v) is 8.30. The normalized spacial score (nSPS) is 17.5. The Morgan fingerprint density at radius 2 is 1.65 bits per heavy atom. The summed E-state index contributed by atoms with van der Waals surface area (Å²) in [6, 6.07) is 6.11. The van der Waals surface area contributed by atoms with Gasteiger partial charge in [-0.1, -0.05) is 12.1 Å². The highest BCUT2D eigenvalue weighted by molar-refractivity contribution is 5.68. The van der Waals surface area contributed by atoms with Crippen LogP contribution in [0.1, 0.15) is 37.9 Å². The first-order chi connectivity index (χ1) is 12.0. The van der Waals surface area contributed by atoms with Gasteiger partial charge in [0.25, 0.3) is 0 Å². The number of carbonyl (C=O) groups is 1. The molecule has 1 unspecified atom stereocenters. The van der Waals surface area contributed by atoms with Gasteiger partial charge in [0.2, 0.25) is 0 Å². The number of ether oxygens (including phenoxy) is 1. The molecule has 0 spiro atoms. The van der Waals surface area contributed by atoms with Gasteiger partial charge >= 0.3 is 12.3 Å². The highest BCUT2D eigenvalue weighted by Crippen LogP contribution is 2.31. The molecular weight excluding hydrogens is 347 g/mol. The molecule has 8 heteroatoms. The third kappa shape index (κ3) is 5.11. The van der Waals surface area contributed by atoms with Crippen LogP contribution in [-0.4, -0.2) is 47.7 Å². The van der Waals surface area contributed by atoms with Gasteiger partial charge in [-0.3, -0.25) is 4.90 Å². The molecule has 1 aliphatic heterocycles. The Balaban J connectivity index is 2.01. The van der Waals surface area contributed by atoms with Gasteiger partial charge in [-0.05, 0) is 38.5 Å². The summed E-state index contributed by atoms with van der Waals surface area (Å²) in [6.07, 6.45) is -4.81. The van der Waals surface area contributed by atoms with Crippen molar-refractivity contribution in [3.63, 3.8) is 0 Å². The second kappa shape index (κ2) is 7.54. The van der Waals surface area contributed by atoms with Crippen LogP contribution >= 0.6 is 0 Å². The fraction of sp³-hybridized carbons (Fsp3) is 0.556. The lowest BCUT2D eigenvalue weighted by molar-refractivity contribution is -0.137. The summed E-state index contributed by atoms with van der Waals surface area (Å²) in [5.41, 5.74) is -0.817. The van der Waals surface area contributed by atoms with Gasteiger partial charge in [-0.2, -0.15) is 18.4 Å². The first kappa shape index (κ1) is 20.0. The summed E-state index contributed by atoms with van der Waals surface area (Å²) in [5, 5.41) is 9.47. The molecule has 1 aromatic carbocycles. The average Bonchev–Trinajstić information content (AvgIpc) is 2.54. The highest BCUT2D eigenvalue weighted by Gasteiger charge is 2.32. The summed E-state index contributed by atoms with van der Waals surface area (Å²) in [7, 11) is 0. The molecular formula is C18H22F3N3O2. The Morgan fingerprint density at radius 1 is 1.12 bits per heavy atom. The largest absolute Gasteiger partial charge is 0.444 e. The van der Waals surface area contributed by atoms with Crippen LogP contribution in [0.3, 0.4) is 0 Å². The lowest BCUT2D eigenvalue weighted by Crippen LogP contribution is -2.50. The van der Waals surface area contributed by atoms with E-state index in [0.717, 1.165) is 12.1 Å². The summed E-state index contributed by atoms with van der Waals surface area (Å²) >= 11 is 0. The van der Waals surface area contributed by atoms with Gasteiger partial charge in [0, 0.05) is 26.2 Å². The molecule has 2 rings (SSSR count). The van der Waals surface area contributed by atoms with E-state index in [1.165, 1.54) is 12.1 Å². The maximum atomic E-state index is 12.7. The summed E-state index contributed by atoms with van der Waals surface area (Å²) in [6.45, 7) is 7.05. The van der Waals surface area contributed by atoms with E-state index in [4.69, 9.17) is 4.74 Å². The second-order valence-electron chi connectivity index (χ2n) is 7.15. The molecule has 0 radical (unpaired) electrons. The van der Waals surface area contributed by atoms with Crippen molar-refractivity contribution in [2.45, 2.75) is 38.6 Å². The predicted molar refractivity (Wildman–Crippen MR) is 89.2 cm³/mol. The summed E-state index contributed by atoms with van der Waals surface area (Å²) < 4.78 is 43.3. The van der Waals surface area contributed by atoms with E-state index in [1.807, 2.05) is 4.90 Å². The molecule has 1 aromatic rings. The van der Waals surface area contributed by atoms with Crippen LogP contribution in [0.5, 0.6) is 0 Å². The number of alkyl halides is 3. The molecule has 1 atom stereocenters. The van der Waals surface area contributed by atoms with E-state index in [-0.39, 0.29) is 0 Å². The molecule has 1 amide bonds. The monoisotopic (exact) mass is 369 g/mol. The quantitative estimate of drug-likeness (QED) is 0.795. The van der Waals surface area contributed by atoms with Crippen molar-refractivity contribution < 1.29 is 22.7 Å². The standard InChI is InChI=1S/C18H22F3N3O2/c1-17(2,3)26-16(25)24-10-8-23(9-11-24)15(12-22)13-4-6-14(7-5-13)18(19,20)21/h4-7,15H,8-11H2,1-3H3. The third-order valence-electron chi connectivity index (χ3n) is 4.01. The van der Waals surface area contributed by atoms with Crippen molar-refractivity contribution in [3.8, 4) is 6.07 Å². The number of benzene rings is 1. The number of hydrogen-bond acceptors (Lipinski definition) is 4. The maximum absolute atomic E-state index is 12.7. The number of nitrogens with zero attached hydrogens (tertiary/aromatic N) is 3. The van der Waals surface area contributed by atoms with Crippen molar-refractivity contribution in [3.05, 3.63) is 35.4 Å². The Hall–Kier alpha value is -2.27. The summed E-state index contributed by atoms with van der Waals surface area (Å²) in [5.74, 6) is 0. The van der Waals surface area contributed by atoms with E-state index < -0.39 is 29.5 Å². The Labute approximate surface area is 150 Å². The predicted octanol–water partition coefficient (Wildman–Crippen LogP) is 3.82. The van der Waals surface area contributed by atoms with Crippen LogP contribution in [0.25, 0.3) is 0 Å². The second-order valence-corrected chi connectivity index (χ2v) is 7.15. The van der Waals surface area contributed by atoms with Crippen molar-refractivity contribution >= 4 is 6.09 Å². The average molecular weight is 369 g/mol. The fourth-order valence-electron chi connectivity index (χ4n) is 2.71. The minimum Gasteiger partial charge on any atom is -0.444 e. The highest BCUT2D eigenvalue weighted by atomic mass is 19.4. The lowest BCUT2D eigenvalue weighted by Gasteiger charge is -2.37. The van der Waals surface area contributed by atoms with Crippen LogP contribution < -0.4 is 0 Å². The van der Waals surface area contributed by atoms with Crippen LogP contribution in [0, 0.1) is 11.3 Å². The van der Waals surface area contributed by atoms with Crippen LogP contribution in [-0.2, 0) is 10.9 Å². The minimum absolute atomic E-state index is 0.397. The van der Waals surface area contributed by atoms with Crippen LogP contribution in [0.2, 0.25) is 0 Å². The molecule has 1 saturated heterocycles. The Bertz CT molecular complexity index is 667. The third-order valence-corrected chi connectivity index (χ3v) is 4.01. The van der Waals surface area contributed by atoms with E-state index in [0.29, 0.717) is 31.7 Å². The zero-order valence-corrected chi connectivity index (χ0v) is 15.0. The topological polar surface area (TPSA) is 56.6 Å². The molecule has 1 heterocycles. The molecule has 0 aliphatic carbocycles. The minimum atomic E-state index is -4.40. The first-order valence-electron chi connectivity index (χ1n) is 8.30. The van der Waals surface area contributed by atoms with Crippen LogP contribution in [0.4, 0.5) is 18.0 Å². The molecule has 1 aliphatic rings. The SMILES string of the molecule is CC(C)(C)OC(=O)N1CCN(C(C#N)c2ccc(C(F)(F)F)cc2)CC1. The van der Waals surface area contributed by atoms with Gasteiger partial charge < -0.3 is 9.64 Å². The molecule has 0 N–H and O–H groups in total. The van der Waals surface area contributed by atoms with E-state index >= 15 is 0 Å². The maximum Gasteiger partial charge on any atom is 0.416 e. The van der Waals surface area contributed by atoms with E-state index in [1.54, 1.807) is 25.7 Å². The Kier molecular flexibility index (Phi) is 5.81. The molecule has 0 saturated carbocycles. The van der Waals surface area contributed by atoms with Gasteiger partial charge in [-0.15, -0.1) is 0 Å². The lowest BCUT2D eigenvalue weighted by atomic mass is 10.0. The van der Waals surface area contributed by atoms with Crippen molar-refractivity contribution in [1.29, 1.82) is 5.26 Å². The van der Waals surface area contributed by atoms with Gasteiger partial charge in [-0.25, -0.2) is 4.79 Å². The number of nitriles is 1. The molecule has 26 heavy (non-hydrogen) atoms. The number of hydrogen-bond donors (Lipinski definition) is 0. The number of halogens is 3. The fourth-order valence-corrected chi connectivity index (χ4v) is 2.71. The van der Waals surface area contributed by atoms with Crippen molar-refractivity contribution in [1.82, 2.24) is 9.80 Å².